The van der Waals surface area contributed by atoms with Crippen LogP contribution in [0.2, 0.25) is 0 Å². The number of nitrogens with zero attached hydrogens (tertiary/aromatic N) is 1. The van der Waals surface area contributed by atoms with Gasteiger partial charge in [0, 0.05) is 0 Å². The van der Waals surface area contributed by atoms with E-state index in [1.165, 1.54) is 75.6 Å². The third-order valence-electron chi connectivity index (χ3n) is 3.66. The lowest BCUT2D eigenvalue weighted by atomic mass is 10.1. The van der Waals surface area contributed by atoms with Gasteiger partial charge in [-0.05, 0) is 31.5 Å². The quantitative estimate of drug-likeness (QED) is 0.342. The first-order chi connectivity index (χ1) is 8.74. The largest absolute Gasteiger partial charge is 0.324 e. The highest BCUT2D eigenvalue weighted by molar-refractivity contribution is 9.08. The molecule has 0 bridgehead atoms. The van der Waals surface area contributed by atoms with Gasteiger partial charge in [-0.2, -0.15) is 0 Å². The van der Waals surface area contributed by atoms with Crippen LogP contribution in [-0.2, 0) is 0 Å². The van der Waals surface area contributed by atoms with Gasteiger partial charge in [-0.25, -0.2) is 0 Å². The van der Waals surface area contributed by atoms with Crippen LogP contribution in [0.3, 0.4) is 0 Å². The molecule has 0 aliphatic heterocycles. The minimum atomic E-state index is 1.34. The molecule has 0 rings (SSSR count). The van der Waals surface area contributed by atoms with Gasteiger partial charge in [0.15, 0.2) is 0 Å². The van der Waals surface area contributed by atoms with Crippen LogP contribution < -0.4 is 0 Å². The van der Waals surface area contributed by atoms with Crippen LogP contribution >= 0.6 is 15.9 Å². The molecule has 0 fully saturated rings. The van der Waals surface area contributed by atoms with Gasteiger partial charge in [0.05, 0.1) is 26.2 Å². The smallest absolute Gasteiger partial charge is 0.0786 e. The average Bonchev–Trinajstić information content (AvgIpc) is 2.43. The van der Waals surface area contributed by atoms with Crippen molar-refractivity contribution in [2.24, 2.45) is 0 Å². The van der Waals surface area contributed by atoms with Crippen molar-refractivity contribution >= 4 is 15.9 Å². The second-order valence-corrected chi connectivity index (χ2v) is 5.30. The van der Waals surface area contributed by atoms with Crippen molar-refractivity contribution < 1.29 is 4.48 Å². The Kier molecular flexibility index (Phi) is 17.9. The van der Waals surface area contributed by atoms with Crippen molar-refractivity contribution in [3.8, 4) is 0 Å². The van der Waals surface area contributed by atoms with Gasteiger partial charge in [0.2, 0.25) is 0 Å². The van der Waals surface area contributed by atoms with Crippen LogP contribution in [0, 0.1) is 0 Å². The van der Waals surface area contributed by atoms with Gasteiger partial charge >= 0.3 is 0 Å². The summed E-state index contributed by atoms with van der Waals surface area (Å²) in [4.78, 5) is 0. The fraction of sp³-hybridized carbons (Fsp3) is 1.00. The van der Waals surface area contributed by atoms with Crippen molar-refractivity contribution in [2.75, 3.05) is 32.0 Å². The van der Waals surface area contributed by atoms with Gasteiger partial charge in [-0.15, -0.1) is 0 Å². The van der Waals surface area contributed by atoms with Crippen LogP contribution in [-0.4, -0.2) is 36.5 Å². The second kappa shape index (κ2) is 15.5. The Labute approximate surface area is 125 Å². The van der Waals surface area contributed by atoms with E-state index in [9.17, 15) is 0 Å². The SMILES string of the molecule is CBr.CCCC[N+](CCC)(CCCC)CCCC. The molecule has 0 aromatic rings. The van der Waals surface area contributed by atoms with Crippen molar-refractivity contribution in [2.45, 2.75) is 72.6 Å². The van der Waals surface area contributed by atoms with Crippen LogP contribution in [0.4, 0.5) is 0 Å². The molecule has 0 N–H and O–H groups in total. The van der Waals surface area contributed by atoms with Crippen molar-refractivity contribution in [3.63, 3.8) is 0 Å². The van der Waals surface area contributed by atoms with Gasteiger partial charge < -0.3 is 4.48 Å². The molecule has 0 radical (unpaired) electrons. The fourth-order valence-electron chi connectivity index (χ4n) is 2.63. The highest BCUT2D eigenvalue weighted by Crippen LogP contribution is 2.15. The minimum absolute atomic E-state index is 1.34. The van der Waals surface area contributed by atoms with Crippen molar-refractivity contribution in [3.05, 3.63) is 0 Å². The molecule has 0 aromatic carbocycles. The van der Waals surface area contributed by atoms with E-state index in [0.717, 1.165) is 0 Å². The first-order valence-corrected chi connectivity index (χ1v) is 9.56. The van der Waals surface area contributed by atoms with Crippen molar-refractivity contribution in [1.82, 2.24) is 0 Å². The summed E-state index contributed by atoms with van der Waals surface area (Å²) < 4.78 is 1.41. The van der Waals surface area contributed by atoms with E-state index in [1.807, 2.05) is 5.83 Å². The Morgan fingerprint density at radius 3 is 1.11 bits per heavy atom. The van der Waals surface area contributed by atoms with Crippen LogP contribution in [0.1, 0.15) is 72.6 Å². The monoisotopic (exact) mass is 322 g/mol. The lowest BCUT2D eigenvalue weighted by molar-refractivity contribution is -0.928. The summed E-state index contributed by atoms with van der Waals surface area (Å²) in [6.07, 6.45) is 9.62. The Hall–Kier alpha value is 0.440. The number of hydrogen-bond acceptors (Lipinski definition) is 0. The molecule has 0 unspecified atom stereocenters. The van der Waals surface area contributed by atoms with E-state index in [1.54, 1.807) is 0 Å². The molecule has 112 valence electrons. The molecule has 0 aliphatic carbocycles. The number of quaternary nitrogens is 1. The number of rotatable bonds is 11. The van der Waals surface area contributed by atoms with Gasteiger partial charge in [-0.3, -0.25) is 0 Å². The minimum Gasteiger partial charge on any atom is -0.324 e. The molecule has 18 heavy (non-hydrogen) atoms. The molecule has 0 heterocycles. The summed E-state index contributed by atoms with van der Waals surface area (Å²) in [7, 11) is 0. The molecule has 1 nitrogen and oxygen atoms in total. The number of hydrogen-bond donors (Lipinski definition) is 0. The highest BCUT2D eigenvalue weighted by atomic mass is 79.9. The molecular weight excluding hydrogens is 286 g/mol. The van der Waals surface area contributed by atoms with Gasteiger partial charge in [0.1, 0.15) is 0 Å². The fourth-order valence-corrected chi connectivity index (χ4v) is 2.63. The van der Waals surface area contributed by atoms with Gasteiger partial charge in [-0.1, -0.05) is 62.9 Å². The van der Waals surface area contributed by atoms with Crippen LogP contribution in [0.25, 0.3) is 0 Å². The Balaban J connectivity index is 0. The standard InChI is InChI=1S/C15H34N.CH3Br/c1-5-9-13-16(12-8-4,14-10-6-2)15-11-7-3;1-2/h5-15H2,1-4H3;1H3/q+1;. The molecule has 2 heteroatoms. The average molecular weight is 323 g/mol. The predicted octanol–water partition coefficient (Wildman–Crippen LogP) is 5.62. The predicted molar refractivity (Wildman–Crippen MR) is 89.6 cm³/mol. The Morgan fingerprint density at radius 1 is 0.556 bits per heavy atom. The molecule has 0 aliphatic rings. The first kappa shape index (κ1) is 20.8. The topological polar surface area (TPSA) is 0 Å². The molecule has 0 aromatic heterocycles. The number of unbranched alkanes of at least 4 members (excludes halogenated alkanes) is 3. The molecule has 0 saturated carbocycles. The van der Waals surface area contributed by atoms with Crippen LogP contribution in [0.5, 0.6) is 0 Å². The Bertz CT molecular complexity index is 126. The first-order valence-electron chi connectivity index (χ1n) is 7.97. The third-order valence-corrected chi connectivity index (χ3v) is 3.66. The maximum atomic E-state index is 2.94. The van der Waals surface area contributed by atoms with E-state index in [0.29, 0.717) is 0 Å². The summed E-state index contributed by atoms with van der Waals surface area (Å²) in [5, 5.41) is 0. The summed E-state index contributed by atoms with van der Waals surface area (Å²) in [6, 6.07) is 0. The van der Waals surface area contributed by atoms with E-state index in [2.05, 4.69) is 43.6 Å². The number of halogens is 1. The normalized spacial score (nSPS) is 11.0. The molecule has 0 atom stereocenters. The zero-order valence-corrected chi connectivity index (χ0v) is 15.2. The second-order valence-electron chi connectivity index (χ2n) is 5.30. The highest BCUT2D eigenvalue weighted by Gasteiger charge is 2.24. The van der Waals surface area contributed by atoms with E-state index < -0.39 is 0 Å². The Morgan fingerprint density at radius 2 is 0.889 bits per heavy atom. The molecule has 0 saturated heterocycles. The lowest BCUT2D eigenvalue weighted by Crippen LogP contribution is -2.50. The zero-order valence-electron chi connectivity index (χ0n) is 13.6. The zero-order chi connectivity index (χ0) is 14.3. The van der Waals surface area contributed by atoms with Crippen molar-refractivity contribution in [1.29, 1.82) is 0 Å². The third kappa shape index (κ3) is 10.4. The molecular formula is C16H37BrN+. The maximum absolute atomic E-state index is 2.94. The summed E-state index contributed by atoms with van der Waals surface area (Å²) in [5.41, 5.74) is 0. The molecule has 0 spiro atoms. The maximum Gasteiger partial charge on any atom is 0.0786 e. The van der Waals surface area contributed by atoms with E-state index >= 15 is 0 Å². The van der Waals surface area contributed by atoms with Gasteiger partial charge in [0.25, 0.3) is 0 Å². The summed E-state index contributed by atoms with van der Waals surface area (Å²) in [5.74, 6) is 1.81. The number of alkyl halides is 1. The van der Waals surface area contributed by atoms with E-state index in [-0.39, 0.29) is 0 Å². The van der Waals surface area contributed by atoms with E-state index in [4.69, 9.17) is 0 Å². The summed E-state index contributed by atoms with van der Waals surface area (Å²) >= 11 is 2.94. The molecule has 0 amide bonds. The lowest BCUT2D eigenvalue weighted by Gasteiger charge is -2.39. The van der Waals surface area contributed by atoms with Crippen LogP contribution in [0.15, 0.2) is 0 Å². The summed E-state index contributed by atoms with van der Waals surface area (Å²) in [6.45, 7) is 15.0.